The lowest BCUT2D eigenvalue weighted by atomic mass is 10.2. The van der Waals surface area contributed by atoms with Crippen molar-refractivity contribution < 1.29 is 9.18 Å². The SMILES string of the molecule is O=C(CCSc1ccc(F)cc1)Nc1ccc2sccc2c1. The largest absolute Gasteiger partial charge is 0.326 e. The maximum absolute atomic E-state index is 12.8. The van der Waals surface area contributed by atoms with Crippen molar-refractivity contribution in [3.63, 3.8) is 0 Å². The molecule has 0 fully saturated rings. The van der Waals surface area contributed by atoms with E-state index in [1.165, 1.54) is 16.8 Å². The number of carbonyl (C=O) groups is 1. The van der Waals surface area contributed by atoms with Gasteiger partial charge in [0, 0.05) is 27.5 Å². The van der Waals surface area contributed by atoms with E-state index in [0.717, 1.165) is 16.0 Å². The summed E-state index contributed by atoms with van der Waals surface area (Å²) in [6, 6.07) is 14.3. The number of halogens is 1. The summed E-state index contributed by atoms with van der Waals surface area (Å²) in [4.78, 5) is 12.9. The molecule has 22 heavy (non-hydrogen) atoms. The van der Waals surface area contributed by atoms with Crippen LogP contribution in [-0.4, -0.2) is 11.7 Å². The van der Waals surface area contributed by atoms with Gasteiger partial charge in [0.1, 0.15) is 5.82 Å². The van der Waals surface area contributed by atoms with Gasteiger partial charge in [0.2, 0.25) is 5.91 Å². The third kappa shape index (κ3) is 3.87. The molecule has 0 radical (unpaired) electrons. The summed E-state index contributed by atoms with van der Waals surface area (Å²) >= 11 is 3.23. The first-order valence-electron chi connectivity index (χ1n) is 6.86. The predicted octanol–water partition coefficient (Wildman–Crippen LogP) is 5.16. The fourth-order valence-corrected chi connectivity index (χ4v) is 3.68. The van der Waals surface area contributed by atoms with Crippen molar-refractivity contribution in [2.75, 3.05) is 11.1 Å². The monoisotopic (exact) mass is 331 g/mol. The van der Waals surface area contributed by atoms with Gasteiger partial charge in [-0.1, -0.05) is 0 Å². The summed E-state index contributed by atoms with van der Waals surface area (Å²) in [5, 5.41) is 6.09. The zero-order valence-corrected chi connectivity index (χ0v) is 13.3. The molecule has 1 aromatic heterocycles. The fraction of sp³-hybridized carbons (Fsp3) is 0.118. The van der Waals surface area contributed by atoms with Gasteiger partial charge in [0.15, 0.2) is 0 Å². The van der Waals surface area contributed by atoms with E-state index in [1.54, 1.807) is 35.2 Å². The highest BCUT2D eigenvalue weighted by molar-refractivity contribution is 7.99. The van der Waals surface area contributed by atoms with E-state index < -0.39 is 0 Å². The molecule has 3 rings (SSSR count). The maximum atomic E-state index is 12.8. The van der Waals surface area contributed by atoms with Crippen LogP contribution >= 0.6 is 23.1 Å². The average molecular weight is 331 g/mol. The first-order valence-corrected chi connectivity index (χ1v) is 8.73. The highest BCUT2D eigenvalue weighted by Gasteiger charge is 2.04. The second-order valence-corrected chi connectivity index (χ2v) is 6.89. The smallest absolute Gasteiger partial charge is 0.225 e. The molecule has 0 saturated heterocycles. The molecule has 0 saturated carbocycles. The van der Waals surface area contributed by atoms with Crippen LogP contribution in [-0.2, 0) is 4.79 Å². The predicted molar refractivity (Wildman–Crippen MR) is 92.2 cm³/mol. The van der Waals surface area contributed by atoms with Gasteiger partial charge in [-0.2, -0.15) is 0 Å². The minimum atomic E-state index is -0.245. The van der Waals surface area contributed by atoms with Gasteiger partial charge in [-0.05, 0) is 59.3 Å². The zero-order valence-electron chi connectivity index (χ0n) is 11.7. The van der Waals surface area contributed by atoms with E-state index >= 15 is 0 Å². The Balaban J connectivity index is 1.50. The van der Waals surface area contributed by atoms with E-state index in [0.29, 0.717) is 12.2 Å². The summed E-state index contributed by atoms with van der Waals surface area (Å²) in [6.45, 7) is 0. The lowest BCUT2D eigenvalue weighted by molar-refractivity contribution is -0.115. The van der Waals surface area contributed by atoms with Crippen molar-refractivity contribution in [3.8, 4) is 0 Å². The Labute approximate surface area is 136 Å². The number of nitrogens with one attached hydrogen (secondary N) is 1. The first-order chi connectivity index (χ1) is 10.7. The first kappa shape index (κ1) is 15.1. The van der Waals surface area contributed by atoms with E-state index in [-0.39, 0.29) is 11.7 Å². The number of carbonyl (C=O) groups excluding carboxylic acids is 1. The van der Waals surface area contributed by atoms with E-state index in [9.17, 15) is 9.18 Å². The Kier molecular flexibility index (Phi) is 4.75. The Bertz CT molecular complexity index is 783. The van der Waals surface area contributed by atoms with Gasteiger partial charge in [-0.25, -0.2) is 4.39 Å². The molecule has 1 N–H and O–H groups in total. The quantitative estimate of drug-likeness (QED) is 0.654. The molecular formula is C17H14FNOS2. The summed E-state index contributed by atoms with van der Waals surface area (Å²) in [5.41, 5.74) is 0.822. The number of hydrogen-bond donors (Lipinski definition) is 1. The van der Waals surface area contributed by atoms with Crippen molar-refractivity contribution in [2.24, 2.45) is 0 Å². The van der Waals surface area contributed by atoms with E-state index in [4.69, 9.17) is 0 Å². The molecule has 3 aromatic rings. The van der Waals surface area contributed by atoms with Crippen molar-refractivity contribution >= 4 is 44.8 Å². The van der Waals surface area contributed by atoms with Crippen LogP contribution in [0.2, 0.25) is 0 Å². The molecule has 2 nitrogen and oxygen atoms in total. The van der Waals surface area contributed by atoms with Crippen LogP contribution < -0.4 is 5.32 Å². The van der Waals surface area contributed by atoms with Gasteiger partial charge in [0.25, 0.3) is 0 Å². The molecule has 0 aliphatic heterocycles. The molecule has 0 aliphatic carbocycles. The van der Waals surface area contributed by atoms with Crippen LogP contribution in [0, 0.1) is 5.82 Å². The van der Waals surface area contributed by atoms with Crippen molar-refractivity contribution in [1.82, 2.24) is 0 Å². The lowest BCUT2D eigenvalue weighted by Gasteiger charge is -2.05. The standard InChI is InChI=1S/C17H14FNOS2/c18-13-1-4-15(5-2-13)21-10-8-17(20)19-14-3-6-16-12(11-14)7-9-22-16/h1-7,9,11H,8,10H2,(H,19,20). The minimum absolute atomic E-state index is 0.0100. The number of anilines is 1. The maximum Gasteiger partial charge on any atom is 0.225 e. The molecule has 1 amide bonds. The number of amides is 1. The van der Waals surface area contributed by atoms with Gasteiger partial charge >= 0.3 is 0 Å². The zero-order chi connectivity index (χ0) is 15.4. The highest BCUT2D eigenvalue weighted by atomic mass is 32.2. The molecular weight excluding hydrogens is 317 g/mol. The van der Waals surface area contributed by atoms with Crippen molar-refractivity contribution in [3.05, 3.63) is 59.7 Å². The number of thioether (sulfide) groups is 1. The molecule has 0 unspecified atom stereocenters. The van der Waals surface area contributed by atoms with Gasteiger partial charge in [-0.3, -0.25) is 4.79 Å². The Morgan fingerprint density at radius 3 is 2.77 bits per heavy atom. The lowest BCUT2D eigenvalue weighted by Crippen LogP contribution is -2.11. The summed E-state index contributed by atoms with van der Waals surface area (Å²) in [6.07, 6.45) is 0.420. The molecule has 0 atom stereocenters. The second-order valence-electron chi connectivity index (χ2n) is 4.77. The van der Waals surface area contributed by atoms with Crippen molar-refractivity contribution in [1.29, 1.82) is 0 Å². The van der Waals surface area contributed by atoms with Gasteiger partial charge in [-0.15, -0.1) is 23.1 Å². The third-order valence-electron chi connectivity index (χ3n) is 3.15. The van der Waals surface area contributed by atoms with Gasteiger partial charge in [0.05, 0.1) is 0 Å². The van der Waals surface area contributed by atoms with E-state index in [1.807, 2.05) is 29.6 Å². The average Bonchev–Trinajstić information content (AvgIpc) is 2.97. The molecule has 0 aliphatic rings. The Hall–Kier alpha value is -1.85. The van der Waals surface area contributed by atoms with Crippen LogP contribution in [0.4, 0.5) is 10.1 Å². The van der Waals surface area contributed by atoms with Crippen LogP contribution in [0.15, 0.2) is 58.8 Å². The van der Waals surface area contributed by atoms with Crippen LogP contribution in [0.25, 0.3) is 10.1 Å². The summed E-state index contributed by atoms with van der Waals surface area (Å²) in [7, 11) is 0. The van der Waals surface area contributed by atoms with E-state index in [2.05, 4.69) is 5.32 Å². The van der Waals surface area contributed by atoms with Crippen LogP contribution in [0.5, 0.6) is 0 Å². The number of thiophene rings is 1. The number of hydrogen-bond acceptors (Lipinski definition) is 3. The number of rotatable bonds is 5. The number of fused-ring (bicyclic) bond motifs is 1. The summed E-state index contributed by atoms with van der Waals surface area (Å²) in [5.74, 6) is 0.410. The molecule has 112 valence electrons. The fourth-order valence-electron chi connectivity index (χ4n) is 2.06. The molecule has 1 heterocycles. The Morgan fingerprint density at radius 2 is 1.95 bits per heavy atom. The van der Waals surface area contributed by atoms with Gasteiger partial charge < -0.3 is 5.32 Å². The summed E-state index contributed by atoms with van der Waals surface area (Å²) < 4.78 is 14.0. The van der Waals surface area contributed by atoms with Crippen LogP contribution in [0.1, 0.15) is 6.42 Å². The highest BCUT2D eigenvalue weighted by Crippen LogP contribution is 2.24. The molecule has 0 bridgehead atoms. The number of benzene rings is 2. The van der Waals surface area contributed by atoms with Crippen molar-refractivity contribution in [2.45, 2.75) is 11.3 Å². The minimum Gasteiger partial charge on any atom is -0.326 e. The topological polar surface area (TPSA) is 29.1 Å². The third-order valence-corrected chi connectivity index (χ3v) is 5.06. The second kappa shape index (κ2) is 6.94. The van der Waals surface area contributed by atoms with Crippen LogP contribution in [0.3, 0.4) is 0 Å². The Morgan fingerprint density at radius 1 is 1.14 bits per heavy atom. The normalized spacial score (nSPS) is 10.8. The molecule has 5 heteroatoms. The molecule has 2 aromatic carbocycles. The molecule has 0 spiro atoms.